The number of carbonyl (C=O) groups excluding carboxylic acids is 1. The molecule has 1 atom stereocenters. The van der Waals surface area contributed by atoms with Gasteiger partial charge in [0.2, 0.25) is 5.88 Å². The summed E-state index contributed by atoms with van der Waals surface area (Å²) < 4.78 is 5.50. The summed E-state index contributed by atoms with van der Waals surface area (Å²) in [6.45, 7) is 1.35. The number of methoxy groups -OCH3 is 1. The Bertz CT molecular complexity index is 776. The Morgan fingerprint density at radius 3 is 2.48 bits per heavy atom. The van der Waals surface area contributed by atoms with E-state index in [-0.39, 0.29) is 5.56 Å². The van der Waals surface area contributed by atoms with Gasteiger partial charge >= 0.3 is 11.7 Å². The Morgan fingerprint density at radius 1 is 1.29 bits per heavy atom. The number of nitrogens with zero attached hydrogens (tertiary/aromatic N) is 1. The smallest absolute Gasteiger partial charge is 0.333 e. The minimum atomic E-state index is -1.18. The van der Waals surface area contributed by atoms with Crippen LogP contribution < -0.4 is 11.2 Å². The van der Waals surface area contributed by atoms with Gasteiger partial charge in [0.25, 0.3) is 5.56 Å². The lowest BCUT2D eigenvalue weighted by Gasteiger charge is -2.19. The Labute approximate surface area is 119 Å². The molecule has 0 bridgehead atoms. The summed E-state index contributed by atoms with van der Waals surface area (Å²) in [5.41, 5.74) is -1.19. The van der Waals surface area contributed by atoms with Gasteiger partial charge in [-0.2, -0.15) is 0 Å². The average Bonchev–Trinajstić information content (AvgIpc) is 2.49. The van der Waals surface area contributed by atoms with E-state index in [9.17, 15) is 19.5 Å². The molecule has 0 aliphatic rings. The molecule has 1 aromatic carbocycles. The van der Waals surface area contributed by atoms with E-state index in [4.69, 9.17) is 4.74 Å². The molecule has 0 radical (unpaired) electrons. The molecule has 1 unspecified atom stereocenters. The SMILES string of the molecule is COC(=O)C(c1ccccc1)n1c(O)c(C)c(=O)[nH]c1=O. The monoisotopic (exact) mass is 290 g/mol. The highest BCUT2D eigenvalue weighted by atomic mass is 16.5. The number of aromatic nitrogens is 2. The lowest BCUT2D eigenvalue weighted by Crippen LogP contribution is -2.37. The molecule has 0 amide bonds. The van der Waals surface area contributed by atoms with Crippen LogP contribution in [0.1, 0.15) is 17.2 Å². The van der Waals surface area contributed by atoms with Crippen LogP contribution in [0.3, 0.4) is 0 Å². The number of H-pyrrole nitrogens is 1. The molecule has 7 heteroatoms. The Balaban J connectivity index is 2.75. The fourth-order valence-corrected chi connectivity index (χ4v) is 2.01. The summed E-state index contributed by atoms with van der Waals surface area (Å²) in [7, 11) is 1.18. The first kappa shape index (κ1) is 14.6. The lowest BCUT2D eigenvalue weighted by molar-refractivity contribution is -0.143. The van der Waals surface area contributed by atoms with Gasteiger partial charge in [0, 0.05) is 0 Å². The van der Waals surface area contributed by atoms with Crippen molar-refractivity contribution < 1.29 is 14.6 Å². The fourth-order valence-electron chi connectivity index (χ4n) is 2.01. The largest absolute Gasteiger partial charge is 0.494 e. The van der Waals surface area contributed by atoms with Crippen molar-refractivity contribution in [3.05, 3.63) is 62.3 Å². The molecule has 2 aromatic rings. The van der Waals surface area contributed by atoms with Gasteiger partial charge in [-0.05, 0) is 12.5 Å². The summed E-state index contributed by atoms with van der Waals surface area (Å²) in [5.74, 6) is -1.30. The summed E-state index contributed by atoms with van der Waals surface area (Å²) in [6, 6.07) is 7.18. The van der Waals surface area contributed by atoms with Crippen LogP contribution in [0.15, 0.2) is 39.9 Å². The number of carbonyl (C=O) groups is 1. The summed E-state index contributed by atoms with van der Waals surface area (Å²) in [6.07, 6.45) is 0. The molecule has 0 saturated carbocycles. The van der Waals surface area contributed by atoms with Gasteiger partial charge in [0.05, 0.1) is 12.7 Å². The molecule has 0 aliphatic carbocycles. The van der Waals surface area contributed by atoms with E-state index in [0.29, 0.717) is 5.56 Å². The van der Waals surface area contributed by atoms with Crippen molar-refractivity contribution in [2.24, 2.45) is 0 Å². The molecule has 0 fully saturated rings. The van der Waals surface area contributed by atoms with Gasteiger partial charge in [-0.15, -0.1) is 0 Å². The van der Waals surface area contributed by atoms with E-state index in [1.54, 1.807) is 30.3 Å². The minimum Gasteiger partial charge on any atom is -0.494 e. The number of benzene rings is 1. The third kappa shape index (κ3) is 2.58. The first-order valence-electron chi connectivity index (χ1n) is 6.14. The van der Waals surface area contributed by atoms with Crippen molar-refractivity contribution in [3.8, 4) is 5.88 Å². The van der Waals surface area contributed by atoms with Crippen LogP contribution in [-0.4, -0.2) is 27.7 Å². The van der Waals surface area contributed by atoms with Crippen molar-refractivity contribution in [1.29, 1.82) is 0 Å². The van der Waals surface area contributed by atoms with Crippen molar-refractivity contribution in [3.63, 3.8) is 0 Å². The second-order valence-corrected chi connectivity index (χ2v) is 4.41. The van der Waals surface area contributed by atoms with E-state index >= 15 is 0 Å². The first-order chi connectivity index (χ1) is 9.97. The third-order valence-electron chi connectivity index (χ3n) is 3.14. The van der Waals surface area contributed by atoms with Gasteiger partial charge in [0.1, 0.15) is 0 Å². The molecule has 2 N–H and O–H groups in total. The topological polar surface area (TPSA) is 101 Å². The number of aromatic amines is 1. The van der Waals surface area contributed by atoms with Gasteiger partial charge in [0.15, 0.2) is 6.04 Å². The van der Waals surface area contributed by atoms with Crippen molar-refractivity contribution in [2.75, 3.05) is 7.11 Å². The molecule has 7 nitrogen and oxygen atoms in total. The van der Waals surface area contributed by atoms with Crippen LogP contribution in [0.5, 0.6) is 5.88 Å². The third-order valence-corrected chi connectivity index (χ3v) is 3.14. The molecule has 1 heterocycles. The summed E-state index contributed by atoms with van der Waals surface area (Å²) >= 11 is 0. The van der Waals surface area contributed by atoms with Crippen LogP contribution in [0.2, 0.25) is 0 Å². The maximum Gasteiger partial charge on any atom is 0.333 e. The van der Waals surface area contributed by atoms with Gasteiger partial charge < -0.3 is 9.84 Å². The Morgan fingerprint density at radius 2 is 1.90 bits per heavy atom. The standard InChI is InChI=1S/C14H14N2O5/c1-8-11(17)15-14(20)16(12(8)18)10(13(19)21-2)9-6-4-3-5-7-9/h3-7,10,18H,1-2H3,(H,15,17,20). The summed E-state index contributed by atoms with van der Waals surface area (Å²) in [5, 5.41) is 10.1. The minimum absolute atomic E-state index is 0.0561. The number of aromatic hydroxyl groups is 1. The quantitative estimate of drug-likeness (QED) is 0.792. The molecule has 21 heavy (non-hydrogen) atoms. The van der Waals surface area contributed by atoms with Crippen molar-refractivity contribution in [1.82, 2.24) is 9.55 Å². The highest BCUT2D eigenvalue weighted by Gasteiger charge is 2.28. The average molecular weight is 290 g/mol. The van der Waals surface area contributed by atoms with Crippen molar-refractivity contribution >= 4 is 5.97 Å². The number of hydrogen-bond acceptors (Lipinski definition) is 5. The maximum absolute atomic E-state index is 12.0. The number of rotatable bonds is 3. The fraction of sp³-hybridized carbons (Fsp3) is 0.214. The molecule has 1 aromatic heterocycles. The molecule has 0 spiro atoms. The van der Waals surface area contributed by atoms with Crippen LogP contribution in [0.25, 0.3) is 0 Å². The van der Waals surface area contributed by atoms with E-state index in [2.05, 4.69) is 4.98 Å². The predicted octanol–water partition coefficient (Wildman–Crippen LogP) is 0.313. The van der Waals surface area contributed by atoms with E-state index in [1.807, 2.05) is 0 Å². The molecule has 0 saturated heterocycles. The normalized spacial score (nSPS) is 11.9. The maximum atomic E-state index is 12.0. The number of ether oxygens (including phenoxy) is 1. The van der Waals surface area contributed by atoms with Gasteiger partial charge in [-0.1, -0.05) is 30.3 Å². The predicted molar refractivity (Wildman–Crippen MR) is 74.3 cm³/mol. The Hall–Kier alpha value is -2.83. The second-order valence-electron chi connectivity index (χ2n) is 4.41. The lowest BCUT2D eigenvalue weighted by atomic mass is 10.1. The van der Waals surface area contributed by atoms with Crippen LogP contribution in [0, 0.1) is 6.92 Å². The number of nitrogens with one attached hydrogen (secondary N) is 1. The van der Waals surface area contributed by atoms with Gasteiger partial charge in [-0.25, -0.2) is 14.2 Å². The van der Waals surface area contributed by atoms with Gasteiger partial charge in [-0.3, -0.25) is 9.78 Å². The number of esters is 1. The van der Waals surface area contributed by atoms with Crippen LogP contribution in [-0.2, 0) is 9.53 Å². The van der Waals surface area contributed by atoms with E-state index < -0.39 is 29.1 Å². The van der Waals surface area contributed by atoms with E-state index in [1.165, 1.54) is 14.0 Å². The molecule has 110 valence electrons. The van der Waals surface area contributed by atoms with Crippen molar-refractivity contribution in [2.45, 2.75) is 13.0 Å². The highest BCUT2D eigenvalue weighted by Crippen LogP contribution is 2.23. The number of hydrogen-bond donors (Lipinski definition) is 2. The summed E-state index contributed by atoms with van der Waals surface area (Å²) in [4.78, 5) is 37.5. The molecule has 2 rings (SSSR count). The highest BCUT2D eigenvalue weighted by molar-refractivity contribution is 5.78. The van der Waals surface area contributed by atoms with Crippen LogP contribution >= 0.6 is 0 Å². The zero-order valence-electron chi connectivity index (χ0n) is 11.5. The zero-order chi connectivity index (χ0) is 15.6. The molecule has 0 aliphatic heterocycles. The second kappa shape index (κ2) is 5.66. The first-order valence-corrected chi connectivity index (χ1v) is 6.14. The van der Waals surface area contributed by atoms with E-state index in [0.717, 1.165) is 4.57 Å². The van der Waals surface area contributed by atoms with Crippen LogP contribution in [0.4, 0.5) is 0 Å². The molecular formula is C14H14N2O5. The molecular weight excluding hydrogens is 276 g/mol. The zero-order valence-corrected chi connectivity index (χ0v) is 11.5. The Kier molecular flexibility index (Phi) is 3.93.